The molecule has 0 saturated heterocycles. The maximum Gasteiger partial charge on any atom is 0.264 e. The first-order chi connectivity index (χ1) is 8.50. The van der Waals surface area contributed by atoms with Crippen molar-refractivity contribution in [2.75, 3.05) is 0 Å². The highest BCUT2D eigenvalue weighted by Gasteiger charge is 2.23. The van der Waals surface area contributed by atoms with Gasteiger partial charge in [-0.3, -0.25) is 4.84 Å². The van der Waals surface area contributed by atoms with E-state index in [2.05, 4.69) is 4.89 Å². The zero-order valence-corrected chi connectivity index (χ0v) is 11.9. The molecule has 18 heavy (non-hydrogen) atoms. The van der Waals surface area contributed by atoms with Gasteiger partial charge in [0.15, 0.2) is 0 Å². The molecule has 0 bridgehead atoms. The van der Waals surface area contributed by atoms with Crippen LogP contribution in [-0.2, 0) is 14.9 Å². The molecule has 0 radical (unpaired) electrons. The lowest BCUT2D eigenvalue weighted by Crippen LogP contribution is -2.28. The molecule has 1 aromatic carbocycles. The average molecular weight is 310 g/mol. The molecule has 0 amide bonds. The van der Waals surface area contributed by atoms with Gasteiger partial charge in [-0.2, -0.15) is 0 Å². The van der Waals surface area contributed by atoms with Crippen LogP contribution in [0.3, 0.4) is 0 Å². The lowest BCUT2D eigenvalue weighted by Gasteiger charge is -2.13. The Kier molecular flexibility index (Phi) is 4.50. The molecule has 1 N–H and O–H groups in total. The van der Waals surface area contributed by atoms with Crippen LogP contribution in [0.15, 0.2) is 23.1 Å². The Hall–Kier alpha value is -0.330. The first-order valence-electron chi connectivity index (χ1n) is 5.62. The van der Waals surface area contributed by atoms with E-state index in [0.29, 0.717) is 0 Å². The number of benzene rings is 1. The first-order valence-corrected chi connectivity index (χ1v) is 7.86. The molecule has 7 heteroatoms. The summed E-state index contributed by atoms with van der Waals surface area (Å²) >= 11 is 11.6. The van der Waals surface area contributed by atoms with Crippen LogP contribution in [0.5, 0.6) is 0 Å². The van der Waals surface area contributed by atoms with Crippen LogP contribution in [0, 0.1) is 0 Å². The van der Waals surface area contributed by atoms with Crippen molar-refractivity contribution in [3.63, 3.8) is 0 Å². The molecule has 0 spiro atoms. The first kappa shape index (κ1) is 14.1. The highest BCUT2D eigenvalue weighted by atomic mass is 35.5. The molecule has 0 atom stereocenters. The average Bonchev–Trinajstić information content (AvgIpc) is 2.83. The Morgan fingerprint density at radius 1 is 1.22 bits per heavy atom. The quantitative estimate of drug-likeness (QED) is 0.869. The third kappa shape index (κ3) is 3.16. The molecular weight excluding hydrogens is 297 g/mol. The predicted molar refractivity (Wildman–Crippen MR) is 70.1 cm³/mol. The molecule has 4 nitrogen and oxygen atoms in total. The summed E-state index contributed by atoms with van der Waals surface area (Å²) in [5, 5.41) is 0.196. The Morgan fingerprint density at radius 3 is 2.56 bits per heavy atom. The fourth-order valence-electron chi connectivity index (χ4n) is 1.87. The monoisotopic (exact) mass is 309 g/mol. The molecule has 1 aromatic rings. The summed E-state index contributed by atoms with van der Waals surface area (Å²) in [6.45, 7) is 0. The summed E-state index contributed by atoms with van der Waals surface area (Å²) < 4.78 is 24.0. The molecular formula is C11H13Cl2NO3S. The standard InChI is InChI=1S/C11H13Cl2NO3S/c12-9-6-3-7-10(11(9)13)18(15,16)14-17-8-4-1-2-5-8/h3,6-8,14H,1-2,4-5H2. The number of halogens is 2. The zero-order chi connectivity index (χ0) is 13.2. The Labute approximate surface area is 116 Å². The molecule has 0 aromatic heterocycles. The van der Waals surface area contributed by atoms with Gasteiger partial charge in [0, 0.05) is 0 Å². The third-order valence-electron chi connectivity index (χ3n) is 2.83. The van der Waals surface area contributed by atoms with Crippen LogP contribution in [0.2, 0.25) is 10.0 Å². The maximum atomic E-state index is 12.0. The smallest absolute Gasteiger partial charge is 0.264 e. The summed E-state index contributed by atoms with van der Waals surface area (Å²) in [5.74, 6) is 0. The second-order valence-electron chi connectivity index (χ2n) is 4.16. The van der Waals surface area contributed by atoms with E-state index in [0.717, 1.165) is 25.7 Å². The van der Waals surface area contributed by atoms with Gasteiger partial charge < -0.3 is 0 Å². The highest BCUT2D eigenvalue weighted by molar-refractivity contribution is 7.89. The third-order valence-corrected chi connectivity index (χ3v) is 5.00. The number of hydrogen-bond acceptors (Lipinski definition) is 3. The SMILES string of the molecule is O=S(=O)(NOC1CCCC1)c1cccc(Cl)c1Cl. The minimum atomic E-state index is -3.79. The van der Waals surface area contributed by atoms with E-state index in [9.17, 15) is 8.42 Å². The van der Waals surface area contributed by atoms with Crippen molar-refractivity contribution in [1.82, 2.24) is 4.89 Å². The van der Waals surface area contributed by atoms with E-state index in [-0.39, 0.29) is 21.0 Å². The van der Waals surface area contributed by atoms with Crippen LogP contribution in [0.1, 0.15) is 25.7 Å². The van der Waals surface area contributed by atoms with Crippen LogP contribution in [0.4, 0.5) is 0 Å². The molecule has 1 aliphatic carbocycles. The minimum Gasteiger partial charge on any atom is -0.284 e. The van der Waals surface area contributed by atoms with E-state index in [1.165, 1.54) is 18.2 Å². The van der Waals surface area contributed by atoms with Gasteiger partial charge in [0.2, 0.25) is 0 Å². The molecule has 100 valence electrons. The molecule has 0 heterocycles. The Morgan fingerprint density at radius 2 is 1.89 bits per heavy atom. The minimum absolute atomic E-state index is 0.00156. The van der Waals surface area contributed by atoms with E-state index < -0.39 is 10.0 Å². The van der Waals surface area contributed by atoms with Crippen molar-refractivity contribution in [2.24, 2.45) is 0 Å². The maximum absolute atomic E-state index is 12.0. The Balaban J connectivity index is 2.12. The van der Waals surface area contributed by atoms with Gasteiger partial charge in [-0.1, -0.05) is 47.0 Å². The number of sulfonamides is 1. The molecule has 0 aliphatic heterocycles. The van der Waals surface area contributed by atoms with E-state index in [4.69, 9.17) is 28.0 Å². The fraction of sp³-hybridized carbons (Fsp3) is 0.455. The van der Waals surface area contributed by atoms with Gasteiger partial charge in [0.25, 0.3) is 10.0 Å². The van der Waals surface area contributed by atoms with Crippen molar-refractivity contribution in [3.05, 3.63) is 28.2 Å². The molecule has 2 rings (SSSR count). The van der Waals surface area contributed by atoms with Gasteiger partial charge >= 0.3 is 0 Å². The zero-order valence-electron chi connectivity index (χ0n) is 9.53. The number of hydrogen-bond donors (Lipinski definition) is 1. The molecule has 0 unspecified atom stereocenters. The summed E-state index contributed by atoms with van der Waals surface area (Å²) in [5.41, 5.74) is 0. The fourth-order valence-corrected chi connectivity index (χ4v) is 3.49. The van der Waals surface area contributed by atoms with Crippen LogP contribution < -0.4 is 4.89 Å². The van der Waals surface area contributed by atoms with E-state index in [1.807, 2.05) is 0 Å². The van der Waals surface area contributed by atoms with E-state index >= 15 is 0 Å². The topological polar surface area (TPSA) is 55.4 Å². The van der Waals surface area contributed by atoms with Gasteiger partial charge in [-0.15, -0.1) is 0 Å². The second-order valence-corrected chi connectivity index (χ2v) is 6.56. The normalized spacial score (nSPS) is 17.2. The van der Waals surface area contributed by atoms with Crippen molar-refractivity contribution in [3.8, 4) is 0 Å². The largest absolute Gasteiger partial charge is 0.284 e. The molecule has 1 aliphatic rings. The molecule has 1 fully saturated rings. The molecule has 1 saturated carbocycles. The number of rotatable bonds is 4. The van der Waals surface area contributed by atoms with Crippen molar-refractivity contribution >= 4 is 33.2 Å². The van der Waals surface area contributed by atoms with Crippen LogP contribution in [-0.4, -0.2) is 14.5 Å². The van der Waals surface area contributed by atoms with Crippen molar-refractivity contribution in [1.29, 1.82) is 0 Å². The van der Waals surface area contributed by atoms with Gasteiger partial charge in [-0.05, 0) is 25.0 Å². The predicted octanol–water partition coefficient (Wildman–Crippen LogP) is 3.15. The summed E-state index contributed by atoms with van der Waals surface area (Å²) in [4.78, 5) is 7.22. The van der Waals surface area contributed by atoms with E-state index in [1.54, 1.807) is 0 Å². The Bertz CT molecular complexity index is 527. The number of nitrogens with one attached hydrogen (secondary N) is 1. The van der Waals surface area contributed by atoms with Gasteiger partial charge in [-0.25, -0.2) is 8.42 Å². The lowest BCUT2D eigenvalue weighted by atomic mass is 10.3. The highest BCUT2D eigenvalue weighted by Crippen LogP contribution is 2.29. The summed E-state index contributed by atoms with van der Waals surface area (Å²) in [6, 6.07) is 4.44. The van der Waals surface area contributed by atoms with Gasteiger partial charge in [0.05, 0.1) is 16.1 Å². The van der Waals surface area contributed by atoms with Gasteiger partial charge in [0.1, 0.15) is 4.90 Å². The van der Waals surface area contributed by atoms with Crippen molar-refractivity contribution in [2.45, 2.75) is 36.7 Å². The summed E-state index contributed by atoms with van der Waals surface area (Å²) in [6.07, 6.45) is 3.80. The van der Waals surface area contributed by atoms with Crippen LogP contribution in [0.25, 0.3) is 0 Å². The lowest BCUT2D eigenvalue weighted by molar-refractivity contribution is 0.0223. The van der Waals surface area contributed by atoms with Crippen LogP contribution >= 0.6 is 23.2 Å². The summed E-state index contributed by atoms with van der Waals surface area (Å²) in [7, 11) is -3.79. The second kappa shape index (κ2) is 5.75. The van der Waals surface area contributed by atoms with Crippen molar-refractivity contribution < 1.29 is 13.3 Å².